The molecule has 37 heavy (non-hydrogen) atoms. The molecule has 1 aliphatic rings. The fourth-order valence-electron chi connectivity index (χ4n) is 4.48. The lowest BCUT2D eigenvalue weighted by atomic mass is 9.89. The molecule has 0 radical (unpaired) electrons. The zero-order chi connectivity index (χ0) is 26.4. The summed E-state index contributed by atoms with van der Waals surface area (Å²) in [5.41, 5.74) is 4.46. The third-order valence-electron chi connectivity index (χ3n) is 6.17. The molecule has 1 amide bonds. The fourth-order valence-corrected chi connectivity index (χ4v) is 4.48. The van der Waals surface area contributed by atoms with Crippen molar-refractivity contribution in [1.29, 1.82) is 0 Å². The lowest BCUT2D eigenvalue weighted by Gasteiger charge is -2.30. The molecule has 0 aromatic heterocycles. The first-order chi connectivity index (χ1) is 17.9. The van der Waals surface area contributed by atoms with Crippen LogP contribution in [0.15, 0.2) is 60.7 Å². The molecular formula is C30H32FNO5. The van der Waals surface area contributed by atoms with Crippen molar-refractivity contribution in [3.63, 3.8) is 0 Å². The minimum absolute atomic E-state index is 0.0876. The number of carbonyl (C=O) groups is 2. The molecule has 194 valence electrons. The standard InChI is InChI=1S/C30H32FNO5/c1-4-35-29(33)17-22-10-13-28(37-20(2)3)25(16-22)23-11-12-27(31)24-14-15-32(18-26(23)24)30(34)36-19-21-8-6-5-7-9-21/h5-13,16,20H,4,14-15,17-19H2,1-3H3. The Hall–Kier alpha value is -3.87. The van der Waals surface area contributed by atoms with Crippen molar-refractivity contribution in [2.24, 2.45) is 0 Å². The molecule has 7 heteroatoms. The molecule has 1 aliphatic heterocycles. The second kappa shape index (κ2) is 11.9. The number of rotatable bonds is 8. The molecule has 0 atom stereocenters. The summed E-state index contributed by atoms with van der Waals surface area (Å²) in [6.45, 7) is 6.67. The zero-order valence-electron chi connectivity index (χ0n) is 21.5. The van der Waals surface area contributed by atoms with Crippen LogP contribution in [0.25, 0.3) is 11.1 Å². The first-order valence-corrected chi connectivity index (χ1v) is 12.6. The number of nitrogens with zero attached hydrogens (tertiary/aromatic N) is 1. The molecule has 3 aromatic rings. The van der Waals surface area contributed by atoms with Crippen molar-refractivity contribution in [2.75, 3.05) is 13.2 Å². The smallest absolute Gasteiger partial charge is 0.410 e. The molecule has 1 heterocycles. The fraction of sp³-hybridized carbons (Fsp3) is 0.333. The maximum atomic E-state index is 14.9. The number of halogens is 1. The lowest BCUT2D eigenvalue weighted by molar-refractivity contribution is -0.142. The highest BCUT2D eigenvalue weighted by Crippen LogP contribution is 2.38. The van der Waals surface area contributed by atoms with Gasteiger partial charge in [-0.15, -0.1) is 0 Å². The molecular weight excluding hydrogens is 473 g/mol. The Balaban J connectivity index is 1.65. The summed E-state index contributed by atoms with van der Waals surface area (Å²) < 4.78 is 31.6. The van der Waals surface area contributed by atoms with Crippen molar-refractivity contribution in [2.45, 2.75) is 52.9 Å². The van der Waals surface area contributed by atoms with Crippen LogP contribution in [0.2, 0.25) is 0 Å². The molecule has 0 aliphatic carbocycles. The maximum absolute atomic E-state index is 14.9. The van der Waals surface area contributed by atoms with Crippen LogP contribution in [0, 0.1) is 5.82 Å². The Bertz CT molecular complexity index is 1260. The number of hydrogen-bond acceptors (Lipinski definition) is 5. The quantitative estimate of drug-likeness (QED) is 0.347. The van der Waals surface area contributed by atoms with Gasteiger partial charge in [-0.05, 0) is 73.2 Å². The van der Waals surface area contributed by atoms with Crippen molar-refractivity contribution < 1.29 is 28.2 Å². The van der Waals surface area contributed by atoms with Gasteiger partial charge in [-0.3, -0.25) is 4.79 Å². The van der Waals surface area contributed by atoms with Gasteiger partial charge in [0.15, 0.2) is 0 Å². The minimum atomic E-state index is -0.445. The molecule has 0 N–H and O–H groups in total. The minimum Gasteiger partial charge on any atom is -0.490 e. The number of ether oxygens (including phenoxy) is 3. The highest BCUT2D eigenvalue weighted by molar-refractivity contribution is 5.79. The Morgan fingerprint density at radius 3 is 2.46 bits per heavy atom. The predicted octanol–water partition coefficient (Wildman–Crippen LogP) is 6.08. The molecule has 6 nitrogen and oxygen atoms in total. The highest BCUT2D eigenvalue weighted by Gasteiger charge is 2.27. The second-order valence-corrected chi connectivity index (χ2v) is 9.24. The van der Waals surface area contributed by atoms with E-state index in [-0.39, 0.29) is 37.5 Å². The van der Waals surface area contributed by atoms with Crippen LogP contribution in [0.1, 0.15) is 43.0 Å². The van der Waals surface area contributed by atoms with Crippen LogP contribution >= 0.6 is 0 Å². The molecule has 0 saturated heterocycles. The van der Waals surface area contributed by atoms with Gasteiger partial charge in [0.05, 0.1) is 19.1 Å². The third-order valence-corrected chi connectivity index (χ3v) is 6.17. The van der Waals surface area contributed by atoms with Gasteiger partial charge in [-0.1, -0.05) is 42.5 Å². The molecule has 0 bridgehead atoms. The van der Waals surface area contributed by atoms with Crippen LogP contribution in [-0.4, -0.2) is 36.2 Å². The Labute approximate surface area is 217 Å². The molecule has 4 rings (SSSR count). The van der Waals surface area contributed by atoms with E-state index in [1.807, 2.05) is 62.4 Å². The SMILES string of the molecule is CCOC(=O)Cc1ccc(OC(C)C)c(-c2ccc(F)c3c2CN(C(=O)OCc2ccccc2)CC3)c1. The van der Waals surface area contributed by atoms with E-state index < -0.39 is 6.09 Å². The van der Waals surface area contributed by atoms with Gasteiger partial charge in [-0.2, -0.15) is 0 Å². The lowest BCUT2D eigenvalue weighted by Crippen LogP contribution is -2.37. The molecule has 0 fully saturated rings. The third kappa shape index (κ3) is 6.47. The van der Waals surface area contributed by atoms with E-state index in [1.54, 1.807) is 17.9 Å². The number of esters is 1. The van der Waals surface area contributed by atoms with Crippen molar-refractivity contribution in [3.8, 4) is 16.9 Å². The van der Waals surface area contributed by atoms with Gasteiger partial charge in [-0.25, -0.2) is 9.18 Å². The largest absolute Gasteiger partial charge is 0.490 e. The number of benzene rings is 3. The number of hydrogen-bond donors (Lipinski definition) is 0. The van der Waals surface area contributed by atoms with Gasteiger partial charge in [0.1, 0.15) is 18.2 Å². The normalized spacial score (nSPS) is 12.7. The first kappa shape index (κ1) is 26.2. The molecule has 3 aromatic carbocycles. The Morgan fingerprint density at radius 2 is 1.73 bits per heavy atom. The van der Waals surface area contributed by atoms with E-state index in [2.05, 4.69) is 0 Å². The molecule has 0 unspecified atom stereocenters. The van der Waals surface area contributed by atoms with Gasteiger partial charge in [0.2, 0.25) is 0 Å². The summed E-state index contributed by atoms with van der Waals surface area (Å²) >= 11 is 0. The summed E-state index contributed by atoms with van der Waals surface area (Å²) in [5.74, 6) is 0.00435. The molecule has 0 spiro atoms. The summed E-state index contributed by atoms with van der Waals surface area (Å²) in [6, 6.07) is 18.2. The van der Waals surface area contributed by atoms with Gasteiger partial charge in [0.25, 0.3) is 0 Å². The number of carbonyl (C=O) groups excluding carboxylic acids is 2. The van der Waals surface area contributed by atoms with Crippen molar-refractivity contribution in [1.82, 2.24) is 4.90 Å². The average Bonchev–Trinajstić information content (AvgIpc) is 2.89. The van der Waals surface area contributed by atoms with Crippen LogP contribution in [0.3, 0.4) is 0 Å². The molecule has 0 saturated carbocycles. The summed E-state index contributed by atoms with van der Waals surface area (Å²) in [6.07, 6.45) is -0.0440. The zero-order valence-corrected chi connectivity index (χ0v) is 21.5. The monoisotopic (exact) mass is 505 g/mol. The van der Waals surface area contributed by atoms with Crippen molar-refractivity contribution in [3.05, 3.63) is 88.7 Å². The van der Waals surface area contributed by atoms with E-state index in [4.69, 9.17) is 14.2 Å². The number of amides is 1. The van der Waals surface area contributed by atoms with Gasteiger partial charge < -0.3 is 19.1 Å². The summed E-state index contributed by atoms with van der Waals surface area (Å²) in [4.78, 5) is 26.6. The van der Waals surface area contributed by atoms with Crippen LogP contribution in [-0.2, 0) is 40.3 Å². The van der Waals surface area contributed by atoms with E-state index in [0.717, 1.165) is 22.3 Å². The Morgan fingerprint density at radius 1 is 0.946 bits per heavy atom. The van der Waals surface area contributed by atoms with Crippen LogP contribution in [0.4, 0.5) is 9.18 Å². The first-order valence-electron chi connectivity index (χ1n) is 12.6. The average molecular weight is 506 g/mol. The second-order valence-electron chi connectivity index (χ2n) is 9.24. The summed E-state index contributed by atoms with van der Waals surface area (Å²) in [5, 5.41) is 0. The van der Waals surface area contributed by atoms with E-state index in [9.17, 15) is 14.0 Å². The highest BCUT2D eigenvalue weighted by atomic mass is 19.1. The van der Waals surface area contributed by atoms with Crippen molar-refractivity contribution >= 4 is 12.1 Å². The van der Waals surface area contributed by atoms with E-state index in [0.29, 0.717) is 36.4 Å². The van der Waals surface area contributed by atoms with Gasteiger partial charge in [0, 0.05) is 18.7 Å². The van der Waals surface area contributed by atoms with E-state index >= 15 is 0 Å². The van der Waals surface area contributed by atoms with E-state index in [1.165, 1.54) is 6.07 Å². The van der Waals surface area contributed by atoms with Gasteiger partial charge >= 0.3 is 12.1 Å². The van der Waals surface area contributed by atoms with Crippen LogP contribution in [0.5, 0.6) is 5.75 Å². The topological polar surface area (TPSA) is 65.1 Å². The summed E-state index contributed by atoms with van der Waals surface area (Å²) in [7, 11) is 0. The number of fused-ring (bicyclic) bond motifs is 1. The Kier molecular flexibility index (Phi) is 8.43. The maximum Gasteiger partial charge on any atom is 0.410 e. The predicted molar refractivity (Wildman–Crippen MR) is 139 cm³/mol. The van der Waals surface area contributed by atoms with Crippen LogP contribution < -0.4 is 4.74 Å².